The van der Waals surface area contributed by atoms with Gasteiger partial charge in [-0.05, 0) is 12.5 Å². The standard InChI is InChI=1S/C11H10N4OS2/c1-2-6-3-7(9(12)18-6)11-14-10(15-16-11)8-4-17-5-13-8/h3-5H,2,12H2,1H3. The third-order valence-electron chi connectivity index (χ3n) is 2.48. The van der Waals surface area contributed by atoms with Crippen LogP contribution in [0.4, 0.5) is 5.00 Å². The Kier molecular flexibility index (Phi) is 2.85. The van der Waals surface area contributed by atoms with E-state index in [9.17, 15) is 0 Å². The lowest BCUT2D eigenvalue weighted by molar-refractivity contribution is 0.432. The minimum absolute atomic E-state index is 0.450. The maximum Gasteiger partial charge on any atom is 0.261 e. The fourth-order valence-electron chi connectivity index (χ4n) is 1.56. The van der Waals surface area contributed by atoms with Crippen LogP contribution in [0.3, 0.4) is 0 Å². The first-order valence-corrected chi connectivity index (χ1v) is 7.14. The number of thiazole rings is 1. The van der Waals surface area contributed by atoms with Gasteiger partial charge in [-0.3, -0.25) is 0 Å². The van der Waals surface area contributed by atoms with E-state index in [1.54, 1.807) is 16.8 Å². The molecule has 2 N–H and O–H groups in total. The molecule has 0 spiro atoms. The number of thiophene rings is 1. The highest BCUT2D eigenvalue weighted by Crippen LogP contribution is 2.34. The highest BCUT2D eigenvalue weighted by molar-refractivity contribution is 7.16. The maximum atomic E-state index is 5.95. The van der Waals surface area contributed by atoms with Gasteiger partial charge in [-0.1, -0.05) is 12.1 Å². The van der Waals surface area contributed by atoms with E-state index in [1.165, 1.54) is 16.2 Å². The molecule has 0 amide bonds. The van der Waals surface area contributed by atoms with E-state index in [4.69, 9.17) is 10.3 Å². The van der Waals surface area contributed by atoms with Gasteiger partial charge in [0, 0.05) is 10.3 Å². The molecule has 3 aromatic heterocycles. The summed E-state index contributed by atoms with van der Waals surface area (Å²) in [5.41, 5.74) is 9.22. The molecule has 7 heteroatoms. The highest BCUT2D eigenvalue weighted by Gasteiger charge is 2.16. The number of hydrogen-bond acceptors (Lipinski definition) is 7. The Morgan fingerprint density at radius 2 is 2.33 bits per heavy atom. The molecule has 0 fully saturated rings. The zero-order chi connectivity index (χ0) is 12.5. The van der Waals surface area contributed by atoms with Crippen molar-refractivity contribution >= 4 is 27.7 Å². The van der Waals surface area contributed by atoms with Crippen LogP contribution in [-0.4, -0.2) is 15.1 Å². The normalized spacial score (nSPS) is 10.9. The van der Waals surface area contributed by atoms with E-state index in [2.05, 4.69) is 22.0 Å². The van der Waals surface area contributed by atoms with Gasteiger partial charge < -0.3 is 10.3 Å². The number of nitrogen functional groups attached to an aromatic ring is 1. The van der Waals surface area contributed by atoms with Gasteiger partial charge in [0.15, 0.2) is 0 Å². The third kappa shape index (κ3) is 1.91. The lowest BCUT2D eigenvalue weighted by Crippen LogP contribution is -1.84. The molecule has 0 aromatic carbocycles. The monoisotopic (exact) mass is 278 g/mol. The number of nitrogens with two attached hydrogens (primary N) is 1. The molecular formula is C11H10N4OS2. The van der Waals surface area contributed by atoms with Crippen molar-refractivity contribution in [2.75, 3.05) is 5.73 Å². The summed E-state index contributed by atoms with van der Waals surface area (Å²) in [6.45, 7) is 2.09. The molecule has 0 aliphatic heterocycles. The first-order chi connectivity index (χ1) is 8.78. The Labute approximate surface area is 111 Å². The number of aromatic nitrogens is 3. The zero-order valence-electron chi connectivity index (χ0n) is 9.58. The van der Waals surface area contributed by atoms with Crippen molar-refractivity contribution in [1.29, 1.82) is 0 Å². The van der Waals surface area contributed by atoms with E-state index >= 15 is 0 Å². The summed E-state index contributed by atoms with van der Waals surface area (Å²) in [6.07, 6.45) is 0.946. The van der Waals surface area contributed by atoms with Gasteiger partial charge in [-0.2, -0.15) is 4.98 Å². The summed E-state index contributed by atoms with van der Waals surface area (Å²) in [7, 11) is 0. The van der Waals surface area contributed by atoms with Gasteiger partial charge in [-0.15, -0.1) is 22.7 Å². The number of nitrogens with zero attached hydrogens (tertiary/aromatic N) is 3. The molecule has 5 nitrogen and oxygen atoms in total. The molecule has 18 heavy (non-hydrogen) atoms. The Morgan fingerprint density at radius 3 is 3.00 bits per heavy atom. The van der Waals surface area contributed by atoms with Crippen LogP contribution in [0, 0.1) is 0 Å². The average Bonchev–Trinajstić information content (AvgIpc) is 3.08. The molecule has 0 bridgehead atoms. The van der Waals surface area contributed by atoms with Crippen LogP contribution in [0.15, 0.2) is 21.5 Å². The van der Waals surface area contributed by atoms with Crippen LogP contribution in [0.25, 0.3) is 23.0 Å². The predicted molar refractivity (Wildman–Crippen MR) is 72.5 cm³/mol. The summed E-state index contributed by atoms with van der Waals surface area (Å²) < 4.78 is 5.24. The van der Waals surface area contributed by atoms with Crippen molar-refractivity contribution in [3.8, 4) is 23.0 Å². The third-order valence-corrected chi connectivity index (χ3v) is 4.17. The predicted octanol–water partition coefficient (Wildman–Crippen LogP) is 3.07. The van der Waals surface area contributed by atoms with Crippen molar-refractivity contribution in [1.82, 2.24) is 15.1 Å². The summed E-state index contributed by atoms with van der Waals surface area (Å²) >= 11 is 3.05. The SMILES string of the molecule is CCc1cc(-c2nc(-c3cscn3)no2)c(N)s1. The number of hydrogen-bond donors (Lipinski definition) is 1. The van der Waals surface area contributed by atoms with E-state index in [-0.39, 0.29) is 0 Å². The summed E-state index contributed by atoms with van der Waals surface area (Å²) in [5, 5.41) is 6.51. The van der Waals surface area contributed by atoms with Crippen molar-refractivity contribution in [2.24, 2.45) is 0 Å². The van der Waals surface area contributed by atoms with E-state index in [0.29, 0.717) is 16.7 Å². The number of anilines is 1. The zero-order valence-corrected chi connectivity index (χ0v) is 11.2. The molecule has 0 aliphatic carbocycles. The first-order valence-electron chi connectivity index (χ1n) is 5.38. The van der Waals surface area contributed by atoms with Crippen LogP contribution >= 0.6 is 22.7 Å². The molecule has 0 saturated carbocycles. The number of rotatable bonds is 3. The first kappa shape index (κ1) is 11.4. The maximum absolute atomic E-state index is 5.95. The van der Waals surface area contributed by atoms with Crippen molar-refractivity contribution in [2.45, 2.75) is 13.3 Å². The smallest absolute Gasteiger partial charge is 0.261 e. The van der Waals surface area contributed by atoms with Crippen LogP contribution in [0.2, 0.25) is 0 Å². The molecule has 0 aliphatic rings. The minimum Gasteiger partial charge on any atom is -0.390 e. The second-order valence-corrected chi connectivity index (χ2v) is 5.53. The molecule has 3 rings (SSSR count). The highest BCUT2D eigenvalue weighted by atomic mass is 32.1. The average molecular weight is 278 g/mol. The Hall–Kier alpha value is -1.73. The topological polar surface area (TPSA) is 77.8 Å². The summed E-state index contributed by atoms with van der Waals surface area (Å²) in [6, 6.07) is 2.00. The lowest BCUT2D eigenvalue weighted by atomic mass is 10.2. The van der Waals surface area contributed by atoms with E-state index < -0.39 is 0 Å². The van der Waals surface area contributed by atoms with Crippen molar-refractivity contribution < 1.29 is 4.52 Å². The number of aryl methyl sites for hydroxylation is 1. The molecular weight excluding hydrogens is 268 g/mol. The van der Waals surface area contributed by atoms with Crippen LogP contribution < -0.4 is 5.73 Å². The summed E-state index contributed by atoms with van der Waals surface area (Å²) in [4.78, 5) is 9.67. The Bertz CT molecular complexity index is 656. The molecule has 0 radical (unpaired) electrons. The second kappa shape index (κ2) is 4.51. The van der Waals surface area contributed by atoms with E-state index in [1.807, 2.05) is 11.4 Å². The minimum atomic E-state index is 0.450. The molecule has 0 atom stereocenters. The van der Waals surface area contributed by atoms with Gasteiger partial charge in [0.1, 0.15) is 5.69 Å². The second-order valence-electron chi connectivity index (χ2n) is 3.64. The van der Waals surface area contributed by atoms with Gasteiger partial charge in [0.2, 0.25) is 5.82 Å². The van der Waals surface area contributed by atoms with Gasteiger partial charge in [0.25, 0.3) is 5.89 Å². The fourth-order valence-corrected chi connectivity index (χ4v) is 2.95. The molecule has 92 valence electrons. The fraction of sp³-hybridized carbons (Fsp3) is 0.182. The van der Waals surface area contributed by atoms with Crippen LogP contribution in [-0.2, 0) is 6.42 Å². The van der Waals surface area contributed by atoms with Crippen LogP contribution in [0.1, 0.15) is 11.8 Å². The van der Waals surface area contributed by atoms with Crippen LogP contribution in [0.5, 0.6) is 0 Å². The lowest BCUT2D eigenvalue weighted by Gasteiger charge is -1.88. The van der Waals surface area contributed by atoms with Gasteiger partial charge in [-0.25, -0.2) is 4.98 Å². The van der Waals surface area contributed by atoms with Gasteiger partial charge in [0.05, 0.1) is 16.1 Å². The van der Waals surface area contributed by atoms with Gasteiger partial charge >= 0.3 is 0 Å². The molecule has 0 unspecified atom stereocenters. The molecule has 3 aromatic rings. The van der Waals surface area contributed by atoms with Crippen molar-refractivity contribution in [3.05, 3.63) is 21.8 Å². The molecule has 3 heterocycles. The summed E-state index contributed by atoms with van der Waals surface area (Å²) in [5.74, 6) is 0.946. The largest absolute Gasteiger partial charge is 0.390 e. The molecule has 0 saturated heterocycles. The quantitative estimate of drug-likeness (QED) is 0.796. The Morgan fingerprint density at radius 1 is 1.44 bits per heavy atom. The van der Waals surface area contributed by atoms with E-state index in [0.717, 1.165) is 17.7 Å². The van der Waals surface area contributed by atoms with Crippen molar-refractivity contribution in [3.63, 3.8) is 0 Å². The Balaban J connectivity index is 2.00.